The summed E-state index contributed by atoms with van der Waals surface area (Å²) < 4.78 is 13.7. The predicted molar refractivity (Wildman–Crippen MR) is 89.8 cm³/mol. The lowest BCUT2D eigenvalue weighted by Gasteiger charge is -2.04. The van der Waals surface area contributed by atoms with Crippen molar-refractivity contribution in [2.45, 2.75) is 0 Å². The second-order valence-corrected chi connectivity index (χ2v) is 6.02. The van der Waals surface area contributed by atoms with Crippen LogP contribution in [0.25, 0.3) is 11.3 Å². The molecule has 2 aromatic heterocycles. The maximum absolute atomic E-state index is 13.7. The lowest BCUT2D eigenvalue weighted by atomic mass is 10.2. The van der Waals surface area contributed by atoms with Crippen LogP contribution in [-0.2, 0) is 0 Å². The van der Waals surface area contributed by atoms with E-state index in [2.05, 4.69) is 15.3 Å². The van der Waals surface area contributed by atoms with Crippen LogP contribution in [0.4, 0.5) is 9.52 Å². The van der Waals surface area contributed by atoms with Gasteiger partial charge in [0.15, 0.2) is 5.13 Å². The Morgan fingerprint density at radius 2 is 2.17 bits per heavy atom. The number of hydrogen-bond donors (Lipinski definition) is 3. The fourth-order valence-corrected chi connectivity index (χ4v) is 2.99. The number of primary amides is 1. The van der Waals surface area contributed by atoms with Crippen molar-refractivity contribution in [3.63, 3.8) is 0 Å². The molecule has 2 amide bonds. The van der Waals surface area contributed by atoms with Gasteiger partial charge in [0, 0.05) is 17.1 Å². The molecule has 0 atom stereocenters. The van der Waals surface area contributed by atoms with Crippen LogP contribution >= 0.6 is 22.9 Å². The number of anilines is 1. The molecule has 4 N–H and O–H groups in total. The minimum atomic E-state index is -0.714. The number of nitrogens with two attached hydrogens (primary N) is 1. The average molecular weight is 365 g/mol. The number of nitrogens with zero attached hydrogens (tertiary/aromatic N) is 1. The highest BCUT2D eigenvalue weighted by Gasteiger charge is 2.17. The first-order valence-corrected chi connectivity index (χ1v) is 7.91. The van der Waals surface area contributed by atoms with E-state index >= 15 is 0 Å². The number of rotatable bonds is 4. The van der Waals surface area contributed by atoms with Crippen LogP contribution in [0, 0.1) is 5.82 Å². The first kappa shape index (κ1) is 16.2. The summed E-state index contributed by atoms with van der Waals surface area (Å²) in [5.41, 5.74) is 6.37. The molecule has 3 rings (SSSR count). The van der Waals surface area contributed by atoms with Gasteiger partial charge in [0.25, 0.3) is 11.8 Å². The quantitative estimate of drug-likeness (QED) is 0.662. The summed E-state index contributed by atoms with van der Waals surface area (Å²) >= 11 is 7.02. The van der Waals surface area contributed by atoms with Crippen molar-refractivity contribution < 1.29 is 14.0 Å². The molecule has 0 aliphatic rings. The molecule has 0 aliphatic heterocycles. The fraction of sp³-hybridized carbons (Fsp3) is 0. The summed E-state index contributed by atoms with van der Waals surface area (Å²) in [4.78, 5) is 30.2. The minimum absolute atomic E-state index is 0.0148. The van der Waals surface area contributed by atoms with E-state index < -0.39 is 17.6 Å². The third-order valence-electron chi connectivity index (χ3n) is 3.16. The van der Waals surface area contributed by atoms with E-state index in [9.17, 15) is 14.0 Å². The van der Waals surface area contributed by atoms with Crippen LogP contribution in [0.1, 0.15) is 20.8 Å². The molecule has 0 saturated heterocycles. The Labute approximate surface area is 144 Å². The number of nitrogens with one attached hydrogen (secondary N) is 2. The SMILES string of the molecule is NC(=O)c1cc(-c2csc(NC(=O)c3c(F)cccc3Cl)n2)c[nH]1. The van der Waals surface area contributed by atoms with Crippen LogP contribution in [-0.4, -0.2) is 21.8 Å². The van der Waals surface area contributed by atoms with Gasteiger partial charge in [-0.25, -0.2) is 9.37 Å². The lowest BCUT2D eigenvalue weighted by Crippen LogP contribution is -2.14. The summed E-state index contributed by atoms with van der Waals surface area (Å²) in [7, 11) is 0. The van der Waals surface area contributed by atoms with Crippen LogP contribution < -0.4 is 11.1 Å². The normalized spacial score (nSPS) is 10.6. The number of carbonyl (C=O) groups is 2. The molecule has 0 aliphatic carbocycles. The number of halogens is 2. The summed E-state index contributed by atoms with van der Waals surface area (Å²) in [5.74, 6) is -1.99. The zero-order chi connectivity index (χ0) is 17.3. The van der Waals surface area contributed by atoms with Crippen molar-refractivity contribution in [2.75, 3.05) is 5.32 Å². The van der Waals surface area contributed by atoms with E-state index in [-0.39, 0.29) is 21.4 Å². The molecule has 0 bridgehead atoms. The van der Waals surface area contributed by atoms with Crippen LogP contribution in [0.5, 0.6) is 0 Å². The van der Waals surface area contributed by atoms with E-state index in [1.54, 1.807) is 17.6 Å². The number of benzene rings is 1. The standard InChI is InChI=1S/C15H10ClFN4O2S/c16-8-2-1-3-9(17)12(8)14(23)21-15-20-11(6-24-15)7-4-10(13(18)22)19-5-7/h1-6,19H,(H2,18,22)(H,20,21,23). The molecule has 24 heavy (non-hydrogen) atoms. The second-order valence-electron chi connectivity index (χ2n) is 4.75. The maximum Gasteiger partial charge on any atom is 0.265 e. The van der Waals surface area contributed by atoms with E-state index in [0.29, 0.717) is 11.3 Å². The lowest BCUT2D eigenvalue weighted by molar-refractivity contribution is 0.0993. The molecule has 1 aromatic carbocycles. The highest BCUT2D eigenvalue weighted by molar-refractivity contribution is 7.14. The van der Waals surface area contributed by atoms with Gasteiger partial charge < -0.3 is 10.7 Å². The third kappa shape index (κ3) is 3.15. The van der Waals surface area contributed by atoms with Gasteiger partial charge >= 0.3 is 0 Å². The second kappa shape index (κ2) is 6.42. The molecule has 122 valence electrons. The molecule has 3 aromatic rings. The Morgan fingerprint density at radius 3 is 2.83 bits per heavy atom. The topological polar surface area (TPSA) is 101 Å². The number of H-pyrrole nitrogens is 1. The van der Waals surface area contributed by atoms with E-state index in [0.717, 1.165) is 17.4 Å². The van der Waals surface area contributed by atoms with Crippen molar-refractivity contribution in [3.8, 4) is 11.3 Å². The largest absolute Gasteiger partial charge is 0.364 e. The van der Waals surface area contributed by atoms with Crippen molar-refractivity contribution >= 4 is 39.9 Å². The number of carbonyl (C=O) groups excluding carboxylic acids is 2. The predicted octanol–water partition coefficient (Wildman–Crippen LogP) is 3.28. The summed E-state index contributed by atoms with van der Waals surface area (Å²) in [6.45, 7) is 0. The molecule has 0 fully saturated rings. The van der Waals surface area contributed by atoms with Gasteiger partial charge in [0.2, 0.25) is 0 Å². The van der Waals surface area contributed by atoms with Gasteiger partial charge in [-0.15, -0.1) is 11.3 Å². The molecule has 0 radical (unpaired) electrons. The van der Waals surface area contributed by atoms with Gasteiger partial charge in [0.05, 0.1) is 16.3 Å². The van der Waals surface area contributed by atoms with Gasteiger partial charge in [-0.1, -0.05) is 17.7 Å². The van der Waals surface area contributed by atoms with E-state index in [4.69, 9.17) is 17.3 Å². The zero-order valence-electron chi connectivity index (χ0n) is 12.0. The van der Waals surface area contributed by atoms with Crippen molar-refractivity contribution in [1.82, 2.24) is 9.97 Å². The number of thiazole rings is 1. The monoisotopic (exact) mass is 364 g/mol. The molecule has 0 unspecified atom stereocenters. The molecule has 2 heterocycles. The Hall–Kier alpha value is -2.71. The third-order valence-corrected chi connectivity index (χ3v) is 4.23. The molecular formula is C15H10ClFN4O2S. The van der Waals surface area contributed by atoms with Gasteiger partial charge in [-0.05, 0) is 18.2 Å². The van der Waals surface area contributed by atoms with E-state index in [1.165, 1.54) is 12.1 Å². The highest BCUT2D eigenvalue weighted by Crippen LogP contribution is 2.27. The zero-order valence-corrected chi connectivity index (χ0v) is 13.5. The first-order chi connectivity index (χ1) is 11.5. The Kier molecular flexibility index (Phi) is 4.32. The van der Waals surface area contributed by atoms with Gasteiger partial charge in [-0.3, -0.25) is 14.9 Å². The maximum atomic E-state index is 13.7. The molecule has 9 heteroatoms. The Balaban J connectivity index is 1.81. The van der Waals surface area contributed by atoms with Gasteiger partial charge in [0.1, 0.15) is 11.5 Å². The van der Waals surface area contributed by atoms with Crippen LogP contribution in [0.15, 0.2) is 35.8 Å². The minimum Gasteiger partial charge on any atom is -0.364 e. The summed E-state index contributed by atoms with van der Waals surface area (Å²) in [6.07, 6.45) is 1.58. The smallest absolute Gasteiger partial charge is 0.265 e. The van der Waals surface area contributed by atoms with Crippen LogP contribution in [0.2, 0.25) is 5.02 Å². The molecule has 6 nitrogen and oxygen atoms in total. The number of amides is 2. The van der Waals surface area contributed by atoms with Crippen LogP contribution in [0.3, 0.4) is 0 Å². The van der Waals surface area contributed by atoms with E-state index in [1.807, 2.05) is 0 Å². The number of hydrogen-bond acceptors (Lipinski definition) is 4. The summed E-state index contributed by atoms with van der Waals surface area (Å²) in [5, 5.41) is 4.48. The summed E-state index contributed by atoms with van der Waals surface area (Å²) in [6, 6.07) is 5.55. The van der Waals surface area contributed by atoms with Gasteiger partial charge in [-0.2, -0.15) is 0 Å². The molecule has 0 saturated carbocycles. The average Bonchev–Trinajstić information content (AvgIpc) is 3.15. The van der Waals surface area contributed by atoms with Crippen molar-refractivity contribution in [2.24, 2.45) is 5.73 Å². The van der Waals surface area contributed by atoms with Crippen molar-refractivity contribution in [1.29, 1.82) is 0 Å². The number of aromatic amines is 1. The Bertz CT molecular complexity index is 917. The fourth-order valence-electron chi connectivity index (χ4n) is 2.02. The molecule has 0 spiro atoms. The highest BCUT2D eigenvalue weighted by atomic mass is 35.5. The Morgan fingerprint density at radius 1 is 1.38 bits per heavy atom. The number of aromatic nitrogens is 2. The van der Waals surface area contributed by atoms with Crippen molar-refractivity contribution in [3.05, 3.63) is 57.9 Å². The first-order valence-electron chi connectivity index (χ1n) is 6.65. The molecular weight excluding hydrogens is 355 g/mol.